The SMILES string of the molecule is C=CCn1ncc(NCCC(=O)NCCC)c(Cl)c1=O. The van der Waals surface area contributed by atoms with Crippen LogP contribution in [-0.4, -0.2) is 28.8 Å². The number of allylic oxidation sites excluding steroid dienone is 1. The first kappa shape index (κ1) is 16.2. The first-order chi connectivity index (χ1) is 9.60. The smallest absolute Gasteiger partial charge is 0.287 e. The lowest BCUT2D eigenvalue weighted by Gasteiger charge is -2.09. The van der Waals surface area contributed by atoms with Gasteiger partial charge in [-0.25, -0.2) is 4.68 Å². The molecule has 6 nitrogen and oxygen atoms in total. The Morgan fingerprint density at radius 1 is 1.55 bits per heavy atom. The third kappa shape index (κ3) is 4.70. The van der Waals surface area contributed by atoms with Gasteiger partial charge < -0.3 is 10.6 Å². The van der Waals surface area contributed by atoms with Crippen molar-refractivity contribution in [2.45, 2.75) is 26.3 Å². The molecule has 20 heavy (non-hydrogen) atoms. The lowest BCUT2D eigenvalue weighted by atomic mass is 10.3. The quantitative estimate of drug-likeness (QED) is 0.712. The molecule has 0 saturated carbocycles. The Bertz CT molecular complexity index is 528. The number of anilines is 1. The second-order valence-electron chi connectivity index (χ2n) is 4.17. The maximum Gasteiger partial charge on any atom is 0.287 e. The number of amides is 1. The molecule has 0 atom stereocenters. The van der Waals surface area contributed by atoms with Gasteiger partial charge in [0.05, 0.1) is 18.4 Å². The van der Waals surface area contributed by atoms with Crippen molar-refractivity contribution in [3.05, 3.63) is 34.2 Å². The highest BCUT2D eigenvalue weighted by Crippen LogP contribution is 2.14. The molecule has 0 bridgehead atoms. The molecule has 1 rings (SSSR count). The Kier molecular flexibility index (Phi) is 6.79. The van der Waals surface area contributed by atoms with Crippen LogP contribution in [0.1, 0.15) is 19.8 Å². The Balaban J connectivity index is 2.57. The molecule has 0 aromatic carbocycles. The molecule has 1 aromatic rings. The summed E-state index contributed by atoms with van der Waals surface area (Å²) in [4.78, 5) is 23.2. The fourth-order valence-electron chi connectivity index (χ4n) is 1.50. The summed E-state index contributed by atoms with van der Waals surface area (Å²) in [6.07, 6.45) is 4.25. The number of nitrogens with one attached hydrogen (secondary N) is 2. The molecule has 7 heteroatoms. The van der Waals surface area contributed by atoms with Crippen molar-refractivity contribution in [2.24, 2.45) is 0 Å². The highest BCUT2D eigenvalue weighted by molar-refractivity contribution is 6.32. The minimum atomic E-state index is -0.382. The van der Waals surface area contributed by atoms with Gasteiger partial charge >= 0.3 is 0 Å². The van der Waals surface area contributed by atoms with Crippen LogP contribution in [0.2, 0.25) is 5.02 Å². The fraction of sp³-hybridized carbons (Fsp3) is 0.462. The van der Waals surface area contributed by atoms with Crippen LogP contribution in [-0.2, 0) is 11.3 Å². The highest BCUT2D eigenvalue weighted by Gasteiger charge is 2.08. The molecule has 0 spiro atoms. The van der Waals surface area contributed by atoms with Crippen molar-refractivity contribution >= 4 is 23.2 Å². The first-order valence-electron chi connectivity index (χ1n) is 6.47. The molecule has 0 saturated heterocycles. The third-order valence-electron chi connectivity index (χ3n) is 2.53. The van der Waals surface area contributed by atoms with Crippen LogP contribution in [0.3, 0.4) is 0 Å². The lowest BCUT2D eigenvalue weighted by molar-refractivity contribution is -0.120. The normalized spacial score (nSPS) is 10.1. The van der Waals surface area contributed by atoms with E-state index in [9.17, 15) is 9.59 Å². The second kappa shape index (κ2) is 8.37. The van der Waals surface area contributed by atoms with Crippen LogP contribution in [0.25, 0.3) is 0 Å². The molecule has 0 aliphatic carbocycles. The molecule has 0 fully saturated rings. The number of rotatable bonds is 8. The molecule has 0 radical (unpaired) electrons. The predicted octanol–water partition coefficient (Wildman–Crippen LogP) is 1.41. The van der Waals surface area contributed by atoms with Crippen molar-refractivity contribution in [1.82, 2.24) is 15.1 Å². The molecular weight excluding hydrogens is 280 g/mol. The highest BCUT2D eigenvalue weighted by atomic mass is 35.5. The summed E-state index contributed by atoms with van der Waals surface area (Å²) >= 11 is 5.96. The molecule has 2 N–H and O–H groups in total. The van der Waals surface area contributed by atoms with Crippen molar-refractivity contribution in [3.63, 3.8) is 0 Å². The summed E-state index contributed by atoms with van der Waals surface area (Å²) in [5.74, 6) is -0.0385. The van der Waals surface area contributed by atoms with Crippen LogP contribution in [0.5, 0.6) is 0 Å². The summed E-state index contributed by atoms with van der Waals surface area (Å²) in [6, 6.07) is 0. The molecule has 1 aromatic heterocycles. The maximum absolute atomic E-state index is 11.8. The summed E-state index contributed by atoms with van der Waals surface area (Å²) in [6.45, 7) is 6.89. The van der Waals surface area contributed by atoms with Crippen molar-refractivity contribution in [2.75, 3.05) is 18.4 Å². The standard InChI is InChI=1S/C13H19ClN4O2/c1-3-6-16-11(19)5-7-15-10-9-17-18(8-4-2)13(20)12(10)14/h4,9,15H,2-3,5-8H2,1H3,(H,16,19). The molecule has 1 heterocycles. The van der Waals surface area contributed by atoms with E-state index < -0.39 is 0 Å². The van der Waals surface area contributed by atoms with Crippen LogP contribution >= 0.6 is 11.6 Å². The van der Waals surface area contributed by atoms with Crippen molar-refractivity contribution in [3.8, 4) is 0 Å². The number of hydrogen-bond acceptors (Lipinski definition) is 4. The first-order valence-corrected chi connectivity index (χ1v) is 6.85. The molecule has 0 aliphatic heterocycles. The zero-order valence-corrected chi connectivity index (χ0v) is 12.2. The topological polar surface area (TPSA) is 76.0 Å². The summed E-state index contributed by atoms with van der Waals surface area (Å²) in [5, 5.41) is 9.73. The van der Waals surface area contributed by atoms with Gasteiger partial charge in [-0.1, -0.05) is 24.6 Å². The van der Waals surface area contributed by atoms with E-state index in [4.69, 9.17) is 11.6 Å². The van der Waals surface area contributed by atoms with Gasteiger partial charge in [0, 0.05) is 19.5 Å². The van der Waals surface area contributed by atoms with Crippen LogP contribution in [0, 0.1) is 0 Å². The van der Waals surface area contributed by atoms with E-state index in [-0.39, 0.29) is 16.5 Å². The van der Waals surface area contributed by atoms with Gasteiger partial charge in [-0.05, 0) is 6.42 Å². The Morgan fingerprint density at radius 3 is 2.95 bits per heavy atom. The van der Waals surface area contributed by atoms with E-state index in [1.807, 2.05) is 6.92 Å². The van der Waals surface area contributed by atoms with Gasteiger partial charge in [0.15, 0.2) is 0 Å². The predicted molar refractivity (Wildman–Crippen MR) is 80.1 cm³/mol. The average molecular weight is 299 g/mol. The fourth-order valence-corrected chi connectivity index (χ4v) is 1.72. The van der Waals surface area contributed by atoms with Crippen LogP contribution in [0.4, 0.5) is 5.69 Å². The maximum atomic E-state index is 11.8. The van der Waals surface area contributed by atoms with Crippen molar-refractivity contribution in [1.29, 1.82) is 0 Å². The van der Waals surface area contributed by atoms with Crippen LogP contribution in [0.15, 0.2) is 23.6 Å². The summed E-state index contributed by atoms with van der Waals surface area (Å²) in [5.41, 5.74) is 0.0484. The van der Waals surface area contributed by atoms with E-state index in [1.54, 1.807) is 6.08 Å². The van der Waals surface area contributed by atoms with Gasteiger partial charge in [-0.3, -0.25) is 9.59 Å². The van der Waals surface area contributed by atoms with E-state index in [0.717, 1.165) is 6.42 Å². The summed E-state index contributed by atoms with van der Waals surface area (Å²) < 4.78 is 1.22. The van der Waals surface area contributed by atoms with Gasteiger partial charge in [-0.2, -0.15) is 5.10 Å². The van der Waals surface area contributed by atoms with Crippen LogP contribution < -0.4 is 16.2 Å². The summed E-state index contributed by atoms with van der Waals surface area (Å²) in [7, 11) is 0. The minimum absolute atomic E-state index is 0.0385. The molecule has 110 valence electrons. The third-order valence-corrected chi connectivity index (χ3v) is 2.89. The van der Waals surface area contributed by atoms with Crippen molar-refractivity contribution < 1.29 is 4.79 Å². The van der Waals surface area contributed by atoms with E-state index in [0.29, 0.717) is 31.7 Å². The van der Waals surface area contributed by atoms with E-state index in [1.165, 1.54) is 10.9 Å². The minimum Gasteiger partial charge on any atom is -0.382 e. The number of halogens is 1. The van der Waals surface area contributed by atoms with Gasteiger partial charge in [0.25, 0.3) is 5.56 Å². The zero-order chi connectivity index (χ0) is 15.0. The zero-order valence-electron chi connectivity index (χ0n) is 11.5. The number of carbonyl (C=O) groups excluding carboxylic acids is 1. The number of carbonyl (C=O) groups is 1. The van der Waals surface area contributed by atoms with Gasteiger partial charge in [0.1, 0.15) is 5.02 Å². The van der Waals surface area contributed by atoms with Gasteiger partial charge in [0.2, 0.25) is 5.91 Å². The Hall–Kier alpha value is -1.82. The number of nitrogens with zero attached hydrogens (tertiary/aromatic N) is 2. The molecule has 0 aliphatic rings. The molecule has 0 unspecified atom stereocenters. The number of hydrogen-bond donors (Lipinski definition) is 2. The Morgan fingerprint density at radius 2 is 2.30 bits per heavy atom. The van der Waals surface area contributed by atoms with Gasteiger partial charge in [-0.15, -0.1) is 6.58 Å². The van der Waals surface area contributed by atoms with E-state index >= 15 is 0 Å². The average Bonchev–Trinajstić information content (AvgIpc) is 2.44. The lowest BCUT2D eigenvalue weighted by Crippen LogP contribution is -2.27. The number of aromatic nitrogens is 2. The van der Waals surface area contributed by atoms with E-state index in [2.05, 4.69) is 22.3 Å². The molecule has 1 amide bonds. The second-order valence-corrected chi connectivity index (χ2v) is 4.55. The molecular formula is C13H19ClN4O2. The Labute approximate surface area is 122 Å². The largest absolute Gasteiger partial charge is 0.382 e. The monoisotopic (exact) mass is 298 g/mol.